The van der Waals surface area contributed by atoms with Gasteiger partial charge in [0, 0.05) is 47.7 Å². The number of benzene rings is 2. The molecule has 2 atom stereocenters. The van der Waals surface area contributed by atoms with Crippen LogP contribution in [-0.4, -0.2) is 53.5 Å². The van der Waals surface area contributed by atoms with Crippen LogP contribution in [0, 0.1) is 17.8 Å². The van der Waals surface area contributed by atoms with Crippen LogP contribution < -0.4 is 10.8 Å². The van der Waals surface area contributed by atoms with E-state index in [0.717, 1.165) is 22.5 Å². The number of nitrogens with one attached hydrogen (secondary N) is 3. The molecular formula is C26H28N4O5. The van der Waals surface area contributed by atoms with Gasteiger partial charge in [-0.3, -0.25) is 14.8 Å². The van der Waals surface area contributed by atoms with Crippen molar-refractivity contribution in [2.75, 3.05) is 20.5 Å². The summed E-state index contributed by atoms with van der Waals surface area (Å²) < 4.78 is 10.2. The fourth-order valence-electron chi connectivity index (χ4n) is 3.34. The molecule has 2 amide bonds. The minimum atomic E-state index is -0.533. The molecule has 0 fully saturated rings. The van der Waals surface area contributed by atoms with Gasteiger partial charge in [0.25, 0.3) is 5.91 Å². The minimum Gasteiger partial charge on any atom is -0.359 e. The summed E-state index contributed by atoms with van der Waals surface area (Å²) in [5.74, 6) is 5.65. The third-order valence-electron chi connectivity index (χ3n) is 5.21. The van der Waals surface area contributed by atoms with Gasteiger partial charge in [-0.1, -0.05) is 30.9 Å². The Morgan fingerprint density at radius 1 is 1.09 bits per heavy atom. The van der Waals surface area contributed by atoms with Crippen LogP contribution in [-0.2, 0) is 14.3 Å². The molecule has 0 saturated carbocycles. The average molecular weight is 477 g/mol. The van der Waals surface area contributed by atoms with Gasteiger partial charge in [-0.05, 0) is 42.8 Å². The molecule has 2 aromatic carbocycles. The maximum Gasteiger partial charge on any atom is 0.251 e. The van der Waals surface area contributed by atoms with E-state index >= 15 is 0 Å². The lowest BCUT2D eigenvalue weighted by atomic mass is 10.0. The quantitative estimate of drug-likeness (QED) is 0.117. The van der Waals surface area contributed by atoms with Crippen molar-refractivity contribution in [3.8, 4) is 23.2 Å². The number of rotatable bonds is 10. The molecule has 0 bridgehead atoms. The van der Waals surface area contributed by atoms with Crippen molar-refractivity contribution >= 4 is 11.8 Å². The molecule has 0 radical (unpaired) electrons. The van der Waals surface area contributed by atoms with Crippen molar-refractivity contribution in [1.82, 2.24) is 20.8 Å². The number of amides is 2. The number of methoxy groups -OCH3 is 1. The fourth-order valence-corrected chi connectivity index (χ4v) is 3.34. The minimum absolute atomic E-state index is 0.0614. The number of hydrogen-bond acceptors (Lipinski definition) is 6. The normalized spacial score (nSPS) is 12.2. The lowest BCUT2D eigenvalue weighted by Crippen LogP contribution is -2.41. The largest absolute Gasteiger partial charge is 0.359 e. The van der Waals surface area contributed by atoms with Gasteiger partial charge in [0.1, 0.15) is 12.6 Å². The molecule has 3 rings (SSSR count). The van der Waals surface area contributed by atoms with Crippen LogP contribution in [0.5, 0.6) is 0 Å². The Morgan fingerprint density at radius 2 is 1.74 bits per heavy atom. The molecule has 9 nitrogen and oxygen atoms in total. The lowest BCUT2D eigenvalue weighted by Gasteiger charge is -2.21. The van der Waals surface area contributed by atoms with E-state index in [0.29, 0.717) is 5.56 Å². The zero-order valence-corrected chi connectivity index (χ0v) is 19.6. The molecule has 0 aliphatic carbocycles. The summed E-state index contributed by atoms with van der Waals surface area (Å²) in [4.78, 5) is 31.7. The van der Waals surface area contributed by atoms with E-state index < -0.39 is 17.9 Å². The van der Waals surface area contributed by atoms with Gasteiger partial charge in [-0.15, -0.1) is 0 Å². The highest BCUT2D eigenvalue weighted by molar-refractivity contribution is 5.94. The maximum absolute atomic E-state index is 12.7. The van der Waals surface area contributed by atoms with Crippen molar-refractivity contribution in [3.63, 3.8) is 0 Å². The second-order valence-electron chi connectivity index (χ2n) is 7.90. The number of hydroxylamine groups is 1. The van der Waals surface area contributed by atoms with E-state index in [1.807, 2.05) is 24.3 Å². The molecule has 0 aliphatic rings. The number of carbonyl (C=O) groups excluding carboxylic acids is 2. The number of aromatic nitrogens is 2. The van der Waals surface area contributed by atoms with Crippen molar-refractivity contribution in [1.29, 1.82) is 0 Å². The molecule has 4 N–H and O–H groups in total. The molecule has 9 heteroatoms. The second-order valence-corrected chi connectivity index (χ2v) is 7.90. The second kappa shape index (κ2) is 13.1. The molecule has 182 valence electrons. The zero-order chi connectivity index (χ0) is 25.0. The van der Waals surface area contributed by atoms with Crippen LogP contribution in [0.4, 0.5) is 0 Å². The van der Waals surface area contributed by atoms with Crippen LogP contribution in [0.2, 0.25) is 0 Å². The topological polar surface area (TPSA) is 126 Å². The SMILES string of the molecule is COCOCC(CC(C)C(=O)NO)NC(=O)c1ccc(C#Cc2ccc(-c3ncc[nH]3)cc2)cc1. The van der Waals surface area contributed by atoms with Crippen LogP contribution in [0.25, 0.3) is 11.4 Å². The van der Waals surface area contributed by atoms with Crippen LogP contribution >= 0.6 is 0 Å². The number of aromatic amines is 1. The van der Waals surface area contributed by atoms with Gasteiger partial charge in [-0.25, -0.2) is 10.5 Å². The first kappa shape index (κ1) is 25.6. The molecule has 2 unspecified atom stereocenters. The Hall–Kier alpha value is -3.97. The van der Waals surface area contributed by atoms with E-state index in [1.54, 1.807) is 49.1 Å². The van der Waals surface area contributed by atoms with Crippen molar-refractivity contribution in [2.24, 2.45) is 5.92 Å². The van der Waals surface area contributed by atoms with Gasteiger partial charge in [0.15, 0.2) is 0 Å². The highest BCUT2D eigenvalue weighted by atomic mass is 16.7. The highest BCUT2D eigenvalue weighted by Gasteiger charge is 2.21. The maximum atomic E-state index is 12.7. The zero-order valence-electron chi connectivity index (χ0n) is 19.6. The molecule has 1 aromatic heterocycles. The van der Waals surface area contributed by atoms with Gasteiger partial charge in [-0.2, -0.15) is 0 Å². The van der Waals surface area contributed by atoms with E-state index in [1.165, 1.54) is 7.11 Å². The monoisotopic (exact) mass is 476 g/mol. The Kier molecular flexibility index (Phi) is 9.57. The summed E-state index contributed by atoms with van der Waals surface area (Å²) in [7, 11) is 1.50. The molecule has 0 aliphatic heterocycles. The summed E-state index contributed by atoms with van der Waals surface area (Å²) in [6.45, 7) is 1.87. The predicted molar refractivity (Wildman–Crippen MR) is 129 cm³/mol. The van der Waals surface area contributed by atoms with Crippen molar-refractivity contribution < 1.29 is 24.3 Å². The summed E-state index contributed by atoms with van der Waals surface area (Å²) in [5, 5.41) is 11.7. The molecule has 3 aromatic rings. The van der Waals surface area contributed by atoms with E-state index in [9.17, 15) is 9.59 Å². The smallest absolute Gasteiger partial charge is 0.251 e. The Bertz CT molecular complexity index is 1150. The first-order valence-corrected chi connectivity index (χ1v) is 11.0. The molecule has 35 heavy (non-hydrogen) atoms. The number of nitrogens with zero attached hydrogens (tertiary/aromatic N) is 1. The average Bonchev–Trinajstić information content (AvgIpc) is 3.42. The number of carbonyl (C=O) groups is 2. The Balaban J connectivity index is 1.61. The Labute approximate surface area is 203 Å². The number of hydrogen-bond donors (Lipinski definition) is 4. The number of ether oxygens (including phenoxy) is 2. The van der Waals surface area contributed by atoms with Crippen LogP contribution in [0.15, 0.2) is 60.9 Å². The van der Waals surface area contributed by atoms with E-state index in [2.05, 4.69) is 27.1 Å². The summed E-state index contributed by atoms with van der Waals surface area (Å²) in [5.41, 5.74) is 4.69. The Morgan fingerprint density at radius 3 is 2.31 bits per heavy atom. The molecule has 1 heterocycles. The van der Waals surface area contributed by atoms with E-state index in [-0.39, 0.29) is 25.7 Å². The number of imidazole rings is 1. The lowest BCUT2D eigenvalue weighted by molar-refractivity contribution is -0.133. The first-order chi connectivity index (χ1) is 17.0. The highest BCUT2D eigenvalue weighted by Crippen LogP contribution is 2.15. The van der Waals surface area contributed by atoms with Crippen LogP contribution in [0.1, 0.15) is 34.8 Å². The van der Waals surface area contributed by atoms with Crippen LogP contribution in [0.3, 0.4) is 0 Å². The molecule has 0 spiro atoms. The first-order valence-electron chi connectivity index (χ1n) is 11.0. The fraction of sp³-hybridized carbons (Fsp3) is 0.269. The van der Waals surface area contributed by atoms with Gasteiger partial charge < -0.3 is 19.8 Å². The van der Waals surface area contributed by atoms with Gasteiger partial charge in [0.2, 0.25) is 5.91 Å². The van der Waals surface area contributed by atoms with E-state index in [4.69, 9.17) is 14.7 Å². The summed E-state index contributed by atoms with van der Waals surface area (Å²) >= 11 is 0. The van der Waals surface area contributed by atoms with Crippen molar-refractivity contribution in [3.05, 3.63) is 77.6 Å². The van der Waals surface area contributed by atoms with Gasteiger partial charge >= 0.3 is 0 Å². The summed E-state index contributed by atoms with van der Waals surface area (Å²) in [6, 6.07) is 14.2. The molecule has 0 saturated heterocycles. The standard InChI is InChI=1S/C26H28N4O5/c1-18(25(31)30-33)15-23(16-35-17-34-2)29-26(32)22-11-7-20(8-12-22)4-3-19-5-9-21(10-6-19)24-27-13-14-28-24/h5-14,18,23,33H,15-17H2,1-2H3,(H,27,28)(H,29,32)(H,30,31). The number of H-pyrrole nitrogens is 1. The third-order valence-corrected chi connectivity index (χ3v) is 5.21. The summed E-state index contributed by atoms with van der Waals surface area (Å²) in [6.07, 6.45) is 3.77. The molecular weight excluding hydrogens is 448 g/mol. The van der Waals surface area contributed by atoms with Gasteiger partial charge in [0.05, 0.1) is 12.6 Å². The van der Waals surface area contributed by atoms with Crippen molar-refractivity contribution in [2.45, 2.75) is 19.4 Å². The predicted octanol–water partition coefficient (Wildman–Crippen LogP) is 2.73. The third kappa shape index (κ3) is 7.79.